The van der Waals surface area contributed by atoms with Gasteiger partial charge in [0.2, 0.25) is 0 Å². The number of hydrogen-bond donors (Lipinski definition) is 1. The summed E-state index contributed by atoms with van der Waals surface area (Å²) in [6, 6.07) is 17.5. The average molecular weight is 508 g/mol. The number of carbonyl (C=O) groups excluding carboxylic acids is 1. The molecule has 0 unspecified atom stereocenters. The van der Waals surface area contributed by atoms with Crippen molar-refractivity contribution in [2.75, 3.05) is 7.11 Å². The first-order valence-electron chi connectivity index (χ1n) is 8.80. The molecule has 3 aromatic carbocycles. The number of ether oxygens (including phenoxy) is 2. The van der Waals surface area contributed by atoms with Gasteiger partial charge in [0.05, 0.1) is 23.4 Å². The van der Waals surface area contributed by atoms with Crippen molar-refractivity contribution < 1.29 is 14.3 Å². The number of benzene rings is 3. The number of hydrazone groups is 1. The predicted molar refractivity (Wildman–Crippen MR) is 123 cm³/mol. The largest absolute Gasteiger partial charge is 0.496 e. The minimum atomic E-state index is -0.392. The number of amides is 1. The van der Waals surface area contributed by atoms with E-state index in [4.69, 9.17) is 32.7 Å². The fraction of sp³-hybridized carbons (Fsp3) is 0.0909. The van der Waals surface area contributed by atoms with E-state index in [0.717, 1.165) is 15.6 Å². The summed E-state index contributed by atoms with van der Waals surface area (Å²) in [6.45, 7) is 0.198. The van der Waals surface area contributed by atoms with Crippen molar-refractivity contribution >= 4 is 51.3 Å². The zero-order chi connectivity index (χ0) is 21.5. The van der Waals surface area contributed by atoms with Crippen LogP contribution in [0.25, 0.3) is 0 Å². The Balaban J connectivity index is 1.67. The summed E-state index contributed by atoms with van der Waals surface area (Å²) in [4.78, 5) is 12.6. The second kappa shape index (κ2) is 10.5. The van der Waals surface area contributed by atoms with E-state index in [1.54, 1.807) is 61.9 Å². The third-order valence-corrected chi connectivity index (χ3v) is 5.29. The molecular weight excluding hydrogens is 491 g/mol. The lowest BCUT2D eigenvalue weighted by molar-refractivity contribution is 0.0950. The van der Waals surface area contributed by atoms with Crippen molar-refractivity contribution in [2.45, 2.75) is 6.61 Å². The minimum Gasteiger partial charge on any atom is -0.496 e. The topological polar surface area (TPSA) is 59.9 Å². The molecule has 154 valence electrons. The van der Waals surface area contributed by atoms with E-state index >= 15 is 0 Å². The van der Waals surface area contributed by atoms with E-state index in [9.17, 15) is 4.79 Å². The molecule has 0 spiro atoms. The molecule has 0 aliphatic heterocycles. The molecule has 0 saturated carbocycles. The molecule has 5 nitrogen and oxygen atoms in total. The van der Waals surface area contributed by atoms with Crippen LogP contribution >= 0.6 is 39.1 Å². The van der Waals surface area contributed by atoms with Crippen molar-refractivity contribution in [1.29, 1.82) is 0 Å². The highest BCUT2D eigenvalue weighted by molar-refractivity contribution is 9.10. The summed E-state index contributed by atoms with van der Waals surface area (Å²) in [5, 5.41) is 5.07. The number of rotatable bonds is 7. The van der Waals surface area contributed by atoms with Gasteiger partial charge in [-0.1, -0.05) is 41.4 Å². The summed E-state index contributed by atoms with van der Waals surface area (Å²) in [6.07, 6.45) is 1.54. The molecule has 0 aliphatic carbocycles. The van der Waals surface area contributed by atoms with E-state index < -0.39 is 5.91 Å². The predicted octanol–water partition coefficient (Wildman–Crippen LogP) is 6.11. The normalized spacial score (nSPS) is 10.8. The Morgan fingerprint density at radius 1 is 1.10 bits per heavy atom. The molecule has 0 atom stereocenters. The summed E-state index contributed by atoms with van der Waals surface area (Å²) in [5.41, 5.74) is 4.43. The summed E-state index contributed by atoms with van der Waals surface area (Å²) < 4.78 is 11.8. The maximum absolute atomic E-state index is 12.6. The lowest BCUT2D eigenvalue weighted by Crippen LogP contribution is -2.18. The van der Waals surface area contributed by atoms with Crippen LogP contribution in [0.2, 0.25) is 10.0 Å². The molecule has 0 radical (unpaired) electrons. The molecule has 3 aromatic rings. The Kier molecular flexibility index (Phi) is 7.74. The van der Waals surface area contributed by atoms with Crippen LogP contribution in [0, 0.1) is 0 Å². The van der Waals surface area contributed by atoms with Crippen LogP contribution in [-0.4, -0.2) is 19.2 Å². The van der Waals surface area contributed by atoms with Crippen molar-refractivity contribution in [1.82, 2.24) is 5.43 Å². The van der Waals surface area contributed by atoms with Gasteiger partial charge in [0, 0.05) is 15.6 Å². The van der Waals surface area contributed by atoms with E-state index in [1.807, 2.05) is 12.1 Å². The highest BCUT2D eigenvalue weighted by Crippen LogP contribution is 2.25. The lowest BCUT2D eigenvalue weighted by atomic mass is 10.2. The zero-order valence-corrected chi connectivity index (χ0v) is 19.0. The Labute approximate surface area is 192 Å². The Hall–Kier alpha value is -2.54. The molecule has 30 heavy (non-hydrogen) atoms. The van der Waals surface area contributed by atoms with Crippen LogP contribution in [0.4, 0.5) is 0 Å². The molecule has 3 rings (SSSR count). The number of nitrogens with zero attached hydrogens (tertiary/aromatic N) is 1. The van der Waals surface area contributed by atoms with Crippen LogP contribution in [-0.2, 0) is 6.61 Å². The first kappa shape index (κ1) is 22.2. The molecule has 0 fully saturated rings. The van der Waals surface area contributed by atoms with Gasteiger partial charge >= 0.3 is 0 Å². The van der Waals surface area contributed by atoms with Crippen molar-refractivity contribution in [2.24, 2.45) is 5.10 Å². The number of para-hydroxylation sites is 1. The second-order valence-corrected chi connectivity index (χ2v) is 7.81. The minimum absolute atomic E-state index is 0.198. The van der Waals surface area contributed by atoms with Gasteiger partial charge in [0.1, 0.15) is 18.1 Å². The zero-order valence-electron chi connectivity index (χ0n) is 15.9. The van der Waals surface area contributed by atoms with E-state index in [0.29, 0.717) is 27.1 Å². The summed E-state index contributed by atoms with van der Waals surface area (Å²) in [5.74, 6) is 0.739. The fourth-order valence-electron chi connectivity index (χ4n) is 2.56. The summed E-state index contributed by atoms with van der Waals surface area (Å²) >= 11 is 15.5. The van der Waals surface area contributed by atoms with Gasteiger partial charge in [-0.05, 0) is 64.0 Å². The SMILES string of the molecule is COc1ccc(/C=N/NC(=O)c2ccccc2OCc2ccc(Cl)cc2Cl)cc1Br. The van der Waals surface area contributed by atoms with Crippen LogP contribution < -0.4 is 14.9 Å². The Morgan fingerprint density at radius 3 is 2.63 bits per heavy atom. The second-order valence-electron chi connectivity index (χ2n) is 6.11. The quantitative estimate of drug-likeness (QED) is 0.310. The monoisotopic (exact) mass is 506 g/mol. The van der Waals surface area contributed by atoms with Gasteiger partial charge in [-0.3, -0.25) is 4.79 Å². The molecule has 1 N–H and O–H groups in total. The number of carbonyl (C=O) groups is 1. The van der Waals surface area contributed by atoms with E-state index in [-0.39, 0.29) is 6.61 Å². The van der Waals surface area contributed by atoms with Gasteiger partial charge in [-0.25, -0.2) is 5.43 Å². The standard InChI is InChI=1S/C22H17BrCl2N2O3/c1-29-21-9-6-14(10-18(21)23)12-26-27-22(28)17-4-2-3-5-20(17)30-13-15-7-8-16(24)11-19(15)25/h2-12H,13H2,1H3,(H,27,28)/b26-12+. The summed E-state index contributed by atoms with van der Waals surface area (Å²) in [7, 11) is 1.59. The molecule has 0 aliphatic rings. The lowest BCUT2D eigenvalue weighted by Gasteiger charge is -2.11. The Bertz CT molecular complexity index is 1090. The first-order chi connectivity index (χ1) is 14.5. The maximum Gasteiger partial charge on any atom is 0.275 e. The third-order valence-electron chi connectivity index (χ3n) is 4.09. The van der Waals surface area contributed by atoms with Gasteiger partial charge < -0.3 is 9.47 Å². The number of hydrogen-bond acceptors (Lipinski definition) is 4. The molecular formula is C22H17BrCl2N2O3. The molecule has 8 heteroatoms. The van der Waals surface area contributed by atoms with Gasteiger partial charge in [0.25, 0.3) is 5.91 Å². The van der Waals surface area contributed by atoms with Crippen LogP contribution in [0.3, 0.4) is 0 Å². The smallest absolute Gasteiger partial charge is 0.275 e. The highest BCUT2D eigenvalue weighted by Gasteiger charge is 2.12. The van der Waals surface area contributed by atoms with Gasteiger partial charge in [0.15, 0.2) is 0 Å². The molecule has 0 heterocycles. The molecule has 1 amide bonds. The van der Waals surface area contributed by atoms with Crippen molar-refractivity contribution in [3.8, 4) is 11.5 Å². The average Bonchev–Trinajstić information content (AvgIpc) is 2.73. The number of methoxy groups -OCH3 is 1. The maximum atomic E-state index is 12.6. The van der Waals surface area contributed by atoms with Crippen LogP contribution in [0.15, 0.2) is 70.2 Å². The molecule has 0 aromatic heterocycles. The molecule has 0 saturated heterocycles. The van der Waals surface area contributed by atoms with E-state index in [1.165, 1.54) is 0 Å². The van der Waals surface area contributed by atoms with Crippen LogP contribution in [0.5, 0.6) is 11.5 Å². The van der Waals surface area contributed by atoms with Crippen molar-refractivity contribution in [3.05, 3.63) is 91.9 Å². The first-order valence-corrected chi connectivity index (χ1v) is 10.4. The highest BCUT2D eigenvalue weighted by atomic mass is 79.9. The van der Waals surface area contributed by atoms with Crippen molar-refractivity contribution in [3.63, 3.8) is 0 Å². The van der Waals surface area contributed by atoms with E-state index in [2.05, 4.69) is 26.5 Å². The number of nitrogens with one attached hydrogen (secondary N) is 1. The fourth-order valence-corrected chi connectivity index (χ4v) is 3.58. The molecule has 0 bridgehead atoms. The van der Waals surface area contributed by atoms with Crippen LogP contribution in [0.1, 0.15) is 21.5 Å². The van der Waals surface area contributed by atoms with Gasteiger partial charge in [-0.15, -0.1) is 0 Å². The number of halogens is 3. The third kappa shape index (κ3) is 5.75. The Morgan fingerprint density at radius 2 is 1.90 bits per heavy atom. The van der Waals surface area contributed by atoms with Gasteiger partial charge in [-0.2, -0.15) is 5.10 Å².